The molecule has 1 aliphatic heterocycles. The molecule has 0 radical (unpaired) electrons. The summed E-state index contributed by atoms with van der Waals surface area (Å²) in [5.74, 6) is -1.01. The Morgan fingerprint density at radius 1 is 1.11 bits per heavy atom. The number of piperidine rings is 1. The molecule has 5 rings (SSSR count). The molecule has 3 aromatic heterocycles. The van der Waals surface area contributed by atoms with Crippen molar-refractivity contribution in [2.45, 2.75) is 44.6 Å². The van der Waals surface area contributed by atoms with Gasteiger partial charge < -0.3 is 15.7 Å². The number of hydrogen-bond donors (Lipinski definition) is 3. The van der Waals surface area contributed by atoms with E-state index in [0.29, 0.717) is 10.4 Å². The number of rotatable bonds is 10. The van der Waals surface area contributed by atoms with E-state index in [1.54, 1.807) is 17.4 Å². The summed E-state index contributed by atoms with van der Waals surface area (Å²) in [6, 6.07) is 10.3. The van der Waals surface area contributed by atoms with Gasteiger partial charge >= 0.3 is 5.97 Å². The first-order valence-electron chi connectivity index (χ1n) is 12.1. The number of Topliss-reactive ketones (excluding diaryl/α,β-unsaturated/α-hetero) is 1. The summed E-state index contributed by atoms with van der Waals surface area (Å²) >= 11 is 4.44. The van der Waals surface area contributed by atoms with Gasteiger partial charge in [-0.05, 0) is 75.4 Å². The Kier molecular flexibility index (Phi) is 7.76. The predicted octanol–water partition coefficient (Wildman–Crippen LogP) is 5.35. The largest absolute Gasteiger partial charge is 0.480 e. The van der Waals surface area contributed by atoms with Crippen LogP contribution in [0.15, 0.2) is 36.4 Å². The molecule has 7 nitrogen and oxygen atoms in total. The van der Waals surface area contributed by atoms with E-state index in [4.69, 9.17) is 0 Å². The Bertz CT molecular complexity index is 1340. The van der Waals surface area contributed by atoms with Crippen LogP contribution in [0.3, 0.4) is 0 Å². The molecule has 4 aromatic rings. The van der Waals surface area contributed by atoms with Crippen LogP contribution in [0.5, 0.6) is 0 Å². The number of thiazole rings is 1. The van der Waals surface area contributed by atoms with Crippen LogP contribution >= 0.6 is 34.0 Å². The number of fused-ring (bicyclic) bond motifs is 2. The van der Waals surface area contributed by atoms with Gasteiger partial charge in [-0.2, -0.15) is 0 Å². The van der Waals surface area contributed by atoms with Crippen molar-refractivity contribution < 1.29 is 19.5 Å². The van der Waals surface area contributed by atoms with Crippen LogP contribution in [-0.2, 0) is 11.2 Å². The number of nitrogens with zero attached hydrogens (tertiary/aromatic N) is 1. The van der Waals surface area contributed by atoms with Gasteiger partial charge in [-0.3, -0.25) is 9.59 Å². The lowest BCUT2D eigenvalue weighted by Gasteiger charge is -2.22. The van der Waals surface area contributed by atoms with Crippen molar-refractivity contribution in [2.24, 2.45) is 5.92 Å². The second-order valence-corrected chi connectivity index (χ2v) is 12.6. The van der Waals surface area contributed by atoms with Gasteiger partial charge in [-0.1, -0.05) is 12.1 Å². The highest BCUT2D eigenvalue weighted by Crippen LogP contribution is 2.35. The molecule has 1 aromatic carbocycles. The fourth-order valence-electron chi connectivity index (χ4n) is 4.51. The summed E-state index contributed by atoms with van der Waals surface area (Å²) in [4.78, 5) is 43.5. The lowest BCUT2D eigenvalue weighted by molar-refractivity contribution is -0.139. The maximum absolute atomic E-state index is 12.8. The summed E-state index contributed by atoms with van der Waals surface area (Å²) < 4.78 is 1.99. The van der Waals surface area contributed by atoms with E-state index in [1.165, 1.54) is 46.8 Å². The van der Waals surface area contributed by atoms with Crippen LogP contribution in [0.25, 0.3) is 19.6 Å². The number of carboxylic acid groups (broad SMARTS) is 1. The second kappa shape index (κ2) is 11.2. The molecule has 1 atom stereocenters. The normalized spacial score (nSPS) is 15.3. The number of aliphatic carboxylic acids is 1. The van der Waals surface area contributed by atoms with E-state index in [9.17, 15) is 19.5 Å². The van der Waals surface area contributed by atoms with Gasteiger partial charge in [-0.15, -0.1) is 34.0 Å². The van der Waals surface area contributed by atoms with Crippen LogP contribution in [-0.4, -0.2) is 46.9 Å². The molecular weight excluding hydrogens is 515 g/mol. The Labute approximate surface area is 220 Å². The van der Waals surface area contributed by atoms with Crippen LogP contribution in [0, 0.1) is 5.92 Å². The molecule has 0 saturated carbocycles. The van der Waals surface area contributed by atoms with Gasteiger partial charge in [0.15, 0.2) is 10.8 Å². The Hall–Kier alpha value is -2.66. The fourth-order valence-corrected chi connectivity index (χ4v) is 7.86. The van der Waals surface area contributed by atoms with Crippen LogP contribution in [0.2, 0.25) is 0 Å². The highest BCUT2D eigenvalue weighted by atomic mass is 32.2. The number of aryl methyl sites for hydroxylation is 1. The number of ketones is 1. The number of carbonyl (C=O) groups excluding carboxylic acids is 2. The maximum atomic E-state index is 12.8. The quantitative estimate of drug-likeness (QED) is 0.234. The van der Waals surface area contributed by atoms with Crippen LogP contribution < -0.4 is 10.6 Å². The summed E-state index contributed by atoms with van der Waals surface area (Å²) in [5.41, 5.74) is 0.696. The Morgan fingerprint density at radius 3 is 2.67 bits per heavy atom. The minimum atomic E-state index is -1.16. The second-order valence-electron chi connectivity index (χ2n) is 9.11. The zero-order valence-electron chi connectivity index (χ0n) is 19.6. The molecule has 0 aliphatic carbocycles. The topological polar surface area (TPSA) is 108 Å². The predicted molar refractivity (Wildman–Crippen MR) is 146 cm³/mol. The average Bonchev–Trinajstić information content (AvgIpc) is 3.58. The van der Waals surface area contributed by atoms with Crippen molar-refractivity contribution in [3.8, 4) is 0 Å². The van der Waals surface area contributed by atoms with Gasteiger partial charge in [0.25, 0.3) is 5.91 Å². The highest BCUT2D eigenvalue weighted by Gasteiger charge is 2.24. The standard InChI is InChI=1S/C26H27N3O4S3/c30-20(22-14-16-13-17(34-26(16)36-22)6-5-15-9-11-27-12-10-15)8-7-19(25(32)33)28-23(31)24-29-18-3-1-2-4-21(18)35-24/h1-4,13-15,19,27H,5-12H2,(H,28,31)(H,32,33)/t19-/m0/s1. The Morgan fingerprint density at radius 2 is 1.92 bits per heavy atom. The molecule has 1 aliphatic rings. The maximum Gasteiger partial charge on any atom is 0.326 e. The van der Waals surface area contributed by atoms with Gasteiger partial charge in [0.05, 0.1) is 19.1 Å². The third kappa shape index (κ3) is 5.83. The third-order valence-corrected chi connectivity index (χ3v) is 10.1. The van der Waals surface area contributed by atoms with Crippen molar-refractivity contribution >= 4 is 71.3 Å². The van der Waals surface area contributed by atoms with Crippen molar-refractivity contribution in [1.82, 2.24) is 15.6 Å². The smallest absolute Gasteiger partial charge is 0.326 e. The zero-order chi connectivity index (χ0) is 25.1. The first-order valence-corrected chi connectivity index (χ1v) is 14.6. The highest BCUT2D eigenvalue weighted by molar-refractivity contribution is 7.39. The summed E-state index contributed by atoms with van der Waals surface area (Å²) in [6.45, 7) is 2.23. The number of carboxylic acids is 1. The van der Waals surface area contributed by atoms with Gasteiger partial charge in [-0.25, -0.2) is 9.78 Å². The van der Waals surface area contributed by atoms with E-state index in [0.717, 1.165) is 39.5 Å². The van der Waals surface area contributed by atoms with Crippen LogP contribution in [0.4, 0.5) is 0 Å². The molecule has 10 heteroatoms. The minimum absolute atomic E-state index is 0.0256. The van der Waals surface area contributed by atoms with Crippen molar-refractivity contribution in [2.75, 3.05) is 13.1 Å². The molecule has 1 amide bonds. The average molecular weight is 542 g/mol. The molecular formula is C26H27N3O4S3. The van der Waals surface area contributed by atoms with Crippen LogP contribution in [0.1, 0.15) is 56.5 Å². The number of hydrogen-bond acceptors (Lipinski definition) is 8. The van der Waals surface area contributed by atoms with E-state index >= 15 is 0 Å². The molecule has 3 N–H and O–H groups in total. The number of thiophene rings is 2. The van der Waals surface area contributed by atoms with E-state index < -0.39 is 17.9 Å². The zero-order valence-corrected chi connectivity index (χ0v) is 22.1. The molecule has 0 unspecified atom stereocenters. The van der Waals surface area contributed by atoms with E-state index in [2.05, 4.69) is 21.7 Å². The molecule has 36 heavy (non-hydrogen) atoms. The SMILES string of the molecule is O=C(CC[C@H](NC(=O)c1nc2ccccc2s1)C(=O)O)c1cc2cc(CCC3CCNCC3)sc2s1. The number of para-hydroxylation sites is 1. The number of nitrogens with one attached hydrogen (secondary N) is 2. The van der Waals surface area contributed by atoms with Gasteiger partial charge in [0, 0.05) is 16.7 Å². The van der Waals surface area contributed by atoms with Gasteiger partial charge in [0.2, 0.25) is 0 Å². The molecule has 1 saturated heterocycles. The Balaban J connectivity index is 1.16. The molecule has 188 valence electrons. The minimum Gasteiger partial charge on any atom is -0.480 e. The number of amides is 1. The number of benzene rings is 1. The lowest BCUT2D eigenvalue weighted by Crippen LogP contribution is -2.41. The monoisotopic (exact) mass is 541 g/mol. The first kappa shape index (κ1) is 25.0. The lowest BCUT2D eigenvalue weighted by atomic mass is 9.93. The molecule has 0 bridgehead atoms. The third-order valence-electron chi connectivity index (χ3n) is 6.55. The number of aromatic nitrogens is 1. The molecule has 4 heterocycles. The first-order chi connectivity index (χ1) is 17.5. The summed E-state index contributed by atoms with van der Waals surface area (Å²) in [7, 11) is 0. The van der Waals surface area contributed by atoms with Crippen molar-refractivity contribution in [1.29, 1.82) is 0 Å². The fraction of sp³-hybridized carbons (Fsp3) is 0.385. The number of carbonyl (C=O) groups is 3. The summed E-state index contributed by atoms with van der Waals surface area (Å²) in [5, 5.41) is 16.8. The molecule has 0 spiro atoms. The van der Waals surface area contributed by atoms with Crippen molar-refractivity contribution in [3.05, 3.63) is 51.2 Å². The van der Waals surface area contributed by atoms with Crippen molar-refractivity contribution in [3.63, 3.8) is 0 Å². The summed E-state index contributed by atoms with van der Waals surface area (Å²) in [6.07, 6.45) is 4.86. The van der Waals surface area contributed by atoms with E-state index in [-0.39, 0.29) is 23.6 Å². The van der Waals surface area contributed by atoms with Gasteiger partial charge in [0.1, 0.15) is 6.04 Å². The molecule has 1 fully saturated rings. The van der Waals surface area contributed by atoms with E-state index in [1.807, 2.05) is 24.3 Å².